The number of nitrogens with zero attached hydrogens (tertiary/aromatic N) is 1. The molecule has 5 nitrogen and oxygen atoms in total. The summed E-state index contributed by atoms with van der Waals surface area (Å²) in [6, 6.07) is 3.76. The molecular weight excluding hydrogens is 250 g/mol. The number of amides is 1. The monoisotopic (exact) mass is 269 g/mol. The summed E-state index contributed by atoms with van der Waals surface area (Å²) in [5, 5.41) is 9.55. The average molecular weight is 269 g/mol. The Labute approximate surface area is 111 Å². The summed E-state index contributed by atoms with van der Waals surface area (Å²) in [5.74, 6) is 5.23. The van der Waals surface area contributed by atoms with Gasteiger partial charge in [-0.15, -0.1) is 11.3 Å². The summed E-state index contributed by atoms with van der Waals surface area (Å²) in [6.07, 6.45) is 0.802. The highest BCUT2D eigenvalue weighted by atomic mass is 32.1. The van der Waals surface area contributed by atoms with Crippen LogP contribution in [0.25, 0.3) is 0 Å². The van der Waals surface area contributed by atoms with Crippen LogP contribution in [0.4, 0.5) is 0 Å². The van der Waals surface area contributed by atoms with Crippen molar-refractivity contribution in [2.24, 2.45) is 11.8 Å². The minimum atomic E-state index is -0.241. The quantitative estimate of drug-likeness (QED) is 0.424. The van der Waals surface area contributed by atoms with Gasteiger partial charge in [0.1, 0.15) is 0 Å². The van der Waals surface area contributed by atoms with Gasteiger partial charge in [-0.2, -0.15) is 0 Å². The molecule has 1 amide bonds. The second-order valence-electron chi connectivity index (χ2n) is 4.76. The smallest absolute Gasteiger partial charge is 0.275 e. The van der Waals surface area contributed by atoms with Crippen molar-refractivity contribution in [3.05, 3.63) is 21.9 Å². The van der Waals surface area contributed by atoms with Crippen molar-refractivity contribution in [1.29, 1.82) is 0 Å². The Hall–Kier alpha value is -0.950. The van der Waals surface area contributed by atoms with E-state index in [0.29, 0.717) is 10.8 Å². The molecule has 100 valence electrons. The maximum atomic E-state index is 11.3. The van der Waals surface area contributed by atoms with Gasteiger partial charge in [0.25, 0.3) is 5.91 Å². The lowest BCUT2D eigenvalue weighted by molar-refractivity contribution is 0.0957. The number of nitrogens with two attached hydrogens (primary N) is 1. The first-order valence-corrected chi connectivity index (χ1v) is 6.92. The van der Waals surface area contributed by atoms with Crippen LogP contribution < -0.4 is 11.3 Å². The Morgan fingerprint density at radius 3 is 3.11 bits per heavy atom. The van der Waals surface area contributed by atoms with E-state index in [9.17, 15) is 9.90 Å². The molecule has 1 aromatic rings. The maximum Gasteiger partial charge on any atom is 0.275 e. The van der Waals surface area contributed by atoms with Crippen molar-refractivity contribution < 1.29 is 9.90 Å². The van der Waals surface area contributed by atoms with E-state index in [-0.39, 0.29) is 12.0 Å². The van der Waals surface area contributed by atoms with Crippen molar-refractivity contribution in [3.63, 3.8) is 0 Å². The molecule has 1 aromatic heterocycles. The number of likely N-dealkylation sites (tertiary alicyclic amines) is 1. The Morgan fingerprint density at radius 1 is 1.72 bits per heavy atom. The van der Waals surface area contributed by atoms with Crippen LogP contribution in [0.15, 0.2) is 12.1 Å². The third-order valence-corrected chi connectivity index (χ3v) is 4.46. The number of carbonyl (C=O) groups is 1. The molecule has 1 saturated heterocycles. The number of aliphatic hydroxyl groups is 1. The van der Waals surface area contributed by atoms with Crippen LogP contribution in [0.3, 0.4) is 0 Å². The average Bonchev–Trinajstić information content (AvgIpc) is 2.98. The summed E-state index contributed by atoms with van der Waals surface area (Å²) in [6.45, 7) is 4.62. The standard InChI is InChI=1S/C12H19N3O2S/c1-8(16)9-4-5-15(6-9)7-10-2-3-11(18-10)12(17)14-13/h2-3,8-9,16H,4-7,13H2,1H3,(H,14,17). The summed E-state index contributed by atoms with van der Waals surface area (Å²) >= 11 is 1.47. The molecule has 1 aliphatic heterocycles. The molecule has 6 heteroatoms. The van der Waals surface area contributed by atoms with E-state index in [1.54, 1.807) is 6.07 Å². The second-order valence-corrected chi connectivity index (χ2v) is 5.93. The molecular formula is C12H19N3O2S. The number of aliphatic hydroxyl groups excluding tert-OH is 1. The van der Waals surface area contributed by atoms with Crippen LogP contribution in [0, 0.1) is 5.92 Å². The van der Waals surface area contributed by atoms with Crippen LogP contribution >= 0.6 is 11.3 Å². The van der Waals surface area contributed by atoms with E-state index in [0.717, 1.165) is 30.9 Å². The SMILES string of the molecule is CC(O)C1CCN(Cc2ccc(C(=O)NN)s2)C1. The lowest BCUT2D eigenvalue weighted by Gasteiger charge is -2.16. The molecule has 1 fully saturated rings. The van der Waals surface area contributed by atoms with Gasteiger partial charge in [0.05, 0.1) is 11.0 Å². The van der Waals surface area contributed by atoms with Crippen LogP contribution in [0.5, 0.6) is 0 Å². The number of nitrogen functional groups attached to an aromatic ring is 1. The third kappa shape index (κ3) is 3.08. The normalized spacial score (nSPS) is 22.1. The molecule has 0 aliphatic carbocycles. The second kappa shape index (κ2) is 5.79. The van der Waals surface area contributed by atoms with Crippen LogP contribution in [-0.4, -0.2) is 35.1 Å². The predicted molar refractivity (Wildman–Crippen MR) is 71.0 cm³/mol. The first-order valence-electron chi connectivity index (χ1n) is 6.10. The topological polar surface area (TPSA) is 78.6 Å². The zero-order valence-corrected chi connectivity index (χ0v) is 11.2. The Morgan fingerprint density at radius 2 is 2.50 bits per heavy atom. The van der Waals surface area contributed by atoms with Gasteiger partial charge in [0.15, 0.2) is 0 Å². The number of rotatable bonds is 4. The Balaban J connectivity index is 1.91. The molecule has 0 radical (unpaired) electrons. The van der Waals surface area contributed by atoms with E-state index in [1.165, 1.54) is 11.3 Å². The van der Waals surface area contributed by atoms with Gasteiger partial charge in [0, 0.05) is 18.0 Å². The highest BCUT2D eigenvalue weighted by Gasteiger charge is 2.26. The van der Waals surface area contributed by atoms with E-state index in [4.69, 9.17) is 5.84 Å². The zero-order valence-electron chi connectivity index (χ0n) is 10.4. The lowest BCUT2D eigenvalue weighted by Crippen LogP contribution is -2.29. The van der Waals surface area contributed by atoms with E-state index in [2.05, 4.69) is 10.3 Å². The summed E-state index contributed by atoms with van der Waals surface area (Å²) in [7, 11) is 0. The van der Waals surface area contributed by atoms with Gasteiger partial charge in [-0.3, -0.25) is 15.1 Å². The fraction of sp³-hybridized carbons (Fsp3) is 0.583. The summed E-state index contributed by atoms with van der Waals surface area (Å²) < 4.78 is 0. The molecule has 0 aromatic carbocycles. The Kier molecular flexibility index (Phi) is 4.34. The van der Waals surface area contributed by atoms with Crippen LogP contribution in [0.2, 0.25) is 0 Å². The van der Waals surface area contributed by atoms with E-state index < -0.39 is 0 Å². The molecule has 18 heavy (non-hydrogen) atoms. The fourth-order valence-electron chi connectivity index (χ4n) is 2.28. The summed E-state index contributed by atoms with van der Waals surface area (Å²) in [5.41, 5.74) is 2.14. The van der Waals surface area contributed by atoms with Crippen LogP contribution in [0.1, 0.15) is 27.9 Å². The van der Waals surface area contributed by atoms with Crippen LogP contribution in [-0.2, 0) is 6.54 Å². The molecule has 4 N–H and O–H groups in total. The number of carbonyl (C=O) groups excluding carboxylic acids is 1. The fourth-order valence-corrected chi connectivity index (χ4v) is 3.23. The molecule has 2 heterocycles. The first kappa shape index (κ1) is 13.5. The molecule has 2 rings (SSSR count). The molecule has 2 unspecified atom stereocenters. The van der Waals surface area contributed by atoms with Crippen molar-refractivity contribution in [3.8, 4) is 0 Å². The first-order chi connectivity index (χ1) is 8.60. The molecule has 0 spiro atoms. The van der Waals surface area contributed by atoms with Gasteiger partial charge in [-0.25, -0.2) is 5.84 Å². The molecule has 2 atom stereocenters. The number of hydrogen-bond acceptors (Lipinski definition) is 5. The van der Waals surface area contributed by atoms with Gasteiger partial charge >= 0.3 is 0 Å². The van der Waals surface area contributed by atoms with E-state index >= 15 is 0 Å². The van der Waals surface area contributed by atoms with Gasteiger partial charge in [0.2, 0.25) is 0 Å². The minimum absolute atomic E-state index is 0.239. The number of thiophene rings is 1. The zero-order chi connectivity index (χ0) is 13.1. The largest absolute Gasteiger partial charge is 0.393 e. The summed E-state index contributed by atoms with van der Waals surface area (Å²) in [4.78, 5) is 15.4. The predicted octanol–water partition coefficient (Wildman–Crippen LogP) is 0.554. The van der Waals surface area contributed by atoms with Crippen molar-refractivity contribution in [2.75, 3.05) is 13.1 Å². The van der Waals surface area contributed by atoms with Crippen molar-refractivity contribution >= 4 is 17.2 Å². The number of nitrogens with one attached hydrogen (secondary N) is 1. The molecule has 0 saturated carbocycles. The molecule has 1 aliphatic rings. The number of hydrazine groups is 1. The third-order valence-electron chi connectivity index (χ3n) is 3.39. The maximum absolute atomic E-state index is 11.3. The minimum Gasteiger partial charge on any atom is -0.393 e. The number of hydrogen-bond donors (Lipinski definition) is 3. The Bertz CT molecular complexity index is 419. The van der Waals surface area contributed by atoms with Gasteiger partial charge in [-0.05, 0) is 37.9 Å². The van der Waals surface area contributed by atoms with Crippen molar-refractivity contribution in [2.45, 2.75) is 26.0 Å². The van der Waals surface area contributed by atoms with Crippen molar-refractivity contribution in [1.82, 2.24) is 10.3 Å². The lowest BCUT2D eigenvalue weighted by atomic mass is 10.0. The highest BCUT2D eigenvalue weighted by Crippen LogP contribution is 2.24. The van der Waals surface area contributed by atoms with E-state index in [1.807, 2.05) is 13.0 Å². The molecule has 0 bridgehead atoms. The van der Waals surface area contributed by atoms with Gasteiger partial charge < -0.3 is 5.11 Å². The highest BCUT2D eigenvalue weighted by molar-refractivity contribution is 7.14. The van der Waals surface area contributed by atoms with Gasteiger partial charge in [-0.1, -0.05) is 0 Å².